The quantitative estimate of drug-likeness (QED) is 0.376. The Balaban J connectivity index is 1.15. The second-order valence-corrected chi connectivity index (χ2v) is 10.4. The van der Waals surface area contributed by atoms with Gasteiger partial charge in [0.1, 0.15) is 18.3 Å². The van der Waals surface area contributed by atoms with Crippen molar-refractivity contribution in [2.45, 2.75) is 32.9 Å². The lowest BCUT2D eigenvalue weighted by molar-refractivity contribution is 0.0771. The van der Waals surface area contributed by atoms with Crippen LogP contribution in [0.15, 0.2) is 36.8 Å². The van der Waals surface area contributed by atoms with Crippen LogP contribution in [-0.4, -0.2) is 97.4 Å². The average molecular weight is 530 g/mol. The zero-order valence-electron chi connectivity index (χ0n) is 23.0. The molecule has 0 N–H and O–H groups in total. The fourth-order valence-electron chi connectivity index (χ4n) is 5.52. The maximum atomic E-state index is 13.3. The maximum absolute atomic E-state index is 13.3. The van der Waals surface area contributed by atoms with Crippen molar-refractivity contribution in [2.24, 2.45) is 7.05 Å². The van der Waals surface area contributed by atoms with Crippen molar-refractivity contribution in [1.29, 1.82) is 0 Å². The van der Waals surface area contributed by atoms with Gasteiger partial charge in [0.15, 0.2) is 11.2 Å². The lowest BCUT2D eigenvalue weighted by Crippen LogP contribution is -2.44. The molecule has 0 bridgehead atoms. The molecule has 4 aromatic rings. The minimum Gasteiger partial charge on any atom is -0.471 e. The van der Waals surface area contributed by atoms with Gasteiger partial charge in [-0.3, -0.25) is 9.48 Å². The summed E-state index contributed by atoms with van der Waals surface area (Å²) in [5.74, 6) is 1.25. The van der Waals surface area contributed by atoms with Gasteiger partial charge < -0.3 is 24.0 Å². The minimum atomic E-state index is -0.160. The topological polar surface area (TPSA) is 97.4 Å². The number of aryl methyl sites for hydroxylation is 2. The smallest absolute Gasteiger partial charge is 0.253 e. The Hall–Kier alpha value is -3.99. The minimum absolute atomic E-state index is 0.0300. The van der Waals surface area contributed by atoms with Gasteiger partial charge in [0.05, 0.1) is 18.3 Å². The molecule has 0 saturated carbocycles. The SMILES string of the molecule is CCn1ncc(-c2nc3c(OC4CCN(C(=O)c5ccc(N6CCN(C)CC6)cc5)C4)ncnc3n2C)c1C. The molecule has 5 heterocycles. The number of amides is 1. The van der Waals surface area contributed by atoms with E-state index in [2.05, 4.69) is 51.0 Å². The summed E-state index contributed by atoms with van der Waals surface area (Å²) in [6, 6.07) is 8.00. The zero-order valence-corrected chi connectivity index (χ0v) is 23.0. The van der Waals surface area contributed by atoms with Gasteiger partial charge in [0, 0.05) is 69.7 Å². The van der Waals surface area contributed by atoms with E-state index in [1.165, 1.54) is 12.0 Å². The number of hydrogen-bond donors (Lipinski definition) is 0. The molecule has 2 fully saturated rings. The molecule has 204 valence electrons. The normalized spacial score (nSPS) is 18.3. The molecule has 11 nitrogen and oxygen atoms in total. The van der Waals surface area contributed by atoms with Crippen molar-refractivity contribution in [1.82, 2.24) is 39.1 Å². The first-order valence-electron chi connectivity index (χ1n) is 13.6. The molecule has 1 atom stereocenters. The summed E-state index contributed by atoms with van der Waals surface area (Å²) >= 11 is 0. The monoisotopic (exact) mass is 529 g/mol. The Bertz CT molecular complexity index is 1480. The lowest BCUT2D eigenvalue weighted by atomic mass is 10.1. The van der Waals surface area contributed by atoms with E-state index in [-0.39, 0.29) is 12.0 Å². The largest absolute Gasteiger partial charge is 0.471 e. The predicted octanol–water partition coefficient (Wildman–Crippen LogP) is 2.60. The number of rotatable bonds is 6. The first-order valence-corrected chi connectivity index (χ1v) is 13.6. The number of imidazole rings is 1. The molecule has 2 aliphatic rings. The maximum Gasteiger partial charge on any atom is 0.253 e. The molecule has 39 heavy (non-hydrogen) atoms. The highest BCUT2D eigenvalue weighted by molar-refractivity contribution is 5.94. The summed E-state index contributed by atoms with van der Waals surface area (Å²) in [6.45, 7) is 10.2. The van der Waals surface area contributed by atoms with Gasteiger partial charge in [-0.05, 0) is 45.2 Å². The average Bonchev–Trinajstić information content (AvgIpc) is 3.66. The third kappa shape index (κ3) is 4.71. The summed E-state index contributed by atoms with van der Waals surface area (Å²) in [5, 5.41) is 4.46. The van der Waals surface area contributed by atoms with E-state index in [9.17, 15) is 4.79 Å². The number of anilines is 1. The van der Waals surface area contributed by atoms with Crippen LogP contribution in [0.25, 0.3) is 22.6 Å². The summed E-state index contributed by atoms with van der Waals surface area (Å²) in [5.41, 5.74) is 5.19. The molecule has 1 aromatic carbocycles. The third-order valence-corrected chi connectivity index (χ3v) is 7.96. The molecule has 0 aliphatic carbocycles. The number of hydrogen-bond acceptors (Lipinski definition) is 8. The van der Waals surface area contributed by atoms with Gasteiger partial charge in [0.25, 0.3) is 5.91 Å². The molecule has 6 rings (SSSR count). The Morgan fingerprint density at radius 1 is 1.05 bits per heavy atom. The van der Waals surface area contributed by atoms with E-state index in [1.54, 1.807) is 0 Å². The number of benzene rings is 1. The molecule has 11 heteroatoms. The van der Waals surface area contributed by atoms with Crippen LogP contribution in [0.5, 0.6) is 5.88 Å². The molecule has 0 spiro atoms. The van der Waals surface area contributed by atoms with E-state index in [1.807, 2.05) is 46.4 Å². The van der Waals surface area contributed by atoms with Crippen molar-refractivity contribution >= 4 is 22.8 Å². The first-order chi connectivity index (χ1) is 18.9. The summed E-state index contributed by atoms with van der Waals surface area (Å²) in [4.78, 5) is 33.5. The van der Waals surface area contributed by atoms with E-state index in [0.29, 0.717) is 35.7 Å². The van der Waals surface area contributed by atoms with E-state index >= 15 is 0 Å². The highest BCUT2D eigenvalue weighted by Gasteiger charge is 2.30. The number of carbonyl (C=O) groups is 1. The lowest BCUT2D eigenvalue weighted by Gasteiger charge is -2.34. The van der Waals surface area contributed by atoms with Crippen molar-refractivity contribution in [3.8, 4) is 17.3 Å². The number of aromatic nitrogens is 6. The van der Waals surface area contributed by atoms with Crippen LogP contribution in [0.3, 0.4) is 0 Å². The Labute approximate surface area is 228 Å². The van der Waals surface area contributed by atoms with Crippen LogP contribution in [0.4, 0.5) is 5.69 Å². The molecule has 2 saturated heterocycles. The number of likely N-dealkylation sites (tertiary alicyclic amines) is 1. The second-order valence-electron chi connectivity index (χ2n) is 10.4. The van der Waals surface area contributed by atoms with Gasteiger partial charge in [-0.25, -0.2) is 9.97 Å². The van der Waals surface area contributed by atoms with Gasteiger partial charge in [0.2, 0.25) is 5.88 Å². The standard InChI is InChI=1S/C28H35N9O2/c1-5-37-19(2)23(16-31-37)25-32-24-26(34(25)4)29-18-30-27(24)39-22-10-11-36(17-22)28(38)20-6-8-21(9-7-20)35-14-12-33(3)13-15-35/h6-9,16,18,22H,5,10-15,17H2,1-4H3. The van der Waals surface area contributed by atoms with Crippen LogP contribution < -0.4 is 9.64 Å². The Kier molecular flexibility index (Phi) is 6.68. The Morgan fingerprint density at radius 2 is 1.82 bits per heavy atom. The third-order valence-electron chi connectivity index (χ3n) is 7.96. The van der Waals surface area contributed by atoms with Crippen LogP contribution >= 0.6 is 0 Å². The molecule has 0 radical (unpaired) electrons. The van der Waals surface area contributed by atoms with Crippen LogP contribution in [0, 0.1) is 6.92 Å². The van der Waals surface area contributed by atoms with Crippen LogP contribution in [-0.2, 0) is 13.6 Å². The Morgan fingerprint density at radius 3 is 2.54 bits per heavy atom. The van der Waals surface area contributed by atoms with Gasteiger partial charge >= 0.3 is 0 Å². The summed E-state index contributed by atoms with van der Waals surface area (Å²) in [7, 11) is 4.09. The van der Waals surface area contributed by atoms with Crippen molar-refractivity contribution in [2.75, 3.05) is 51.2 Å². The van der Waals surface area contributed by atoms with Gasteiger partial charge in [-0.1, -0.05) is 0 Å². The van der Waals surface area contributed by atoms with Crippen LogP contribution in [0.2, 0.25) is 0 Å². The van der Waals surface area contributed by atoms with Crippen molar-refractivity contribution in [3.05, 3.63) is 48.0 Å². The number of nitrogens with zero attached hydrogens (tertiary/aromatic N) is 9. The predicted molar refractivity (Wildman–Crippen MR) is 149 cm³/mol. The molecule has 1 amide bonds. The molecular weight excluding hydrogens is 494 g/mol. The second kappa shape index (κ2) is 10.3. The molecule has 1 unspecified atom stereocenters. The number of carbonyl (C=O) groups excluding carboxylic acids is 1. The highest BCUT2D eigenvalue weighted by atomic mass is 16.5. The fourth-order valence-corrected chi connectivity index (χ4v) is 5.52. The number of ether oxygens (including phenoxy) is 1. The fraction of sp³-hybridized carbons (Fsp3) is 0.464. The molecular formula is C28H35N9O2. The highest BCUT2D eigenvalue weighted by Crippen LogP contribution is 2.30. The van der Waals surface area contributed by atoms with Crippen molar-refractivity contribution < 1.29 is 9.53 Å². The van der Waals surface area contributed by atoms with E-state index in [0.717, 1.165) is 56.2 Å². The summed E-state index contributed by atoms with van der Waals surface area (Å²) < 4.78 is 10.2. The summed E-state index contributed by atoms with van der Waals surface area (Å²) in [6.07, 6.45) is 3.92. The molecule has 2 aliphatic heterocycles. The van der Waals surface area contributed by atoms with Gasteiger partial charge in [-0.2, -0.15) is 10.1 Å². The van der Waals surface area contributed by atoms with Gasteiger partial charge in [-0.15, -0.1) is 0 Å². The molecule has 3 aromatic heterocycles. The zero-order chi connectivity index (χ0) is 27.1. The number of likely N-dealkylation sites (N-methyl/N-ethyl adjacent to an activating group) is 1. The number of fused-ring (bicyclic) bond motifs is 1. The number of piperazine rings is 1. The first kappa shape index (κ1) is 25.3. The van der Waals surface area contributed by atoms with Crippen LogP contribution in [0.1, 0.15) is 29.4 Å². The van der Waals surface area contributed by atoms with E-state index < -0.39 is 0 Å². The van der Waals surface area contributed by atoms with E-state index in [4.69, 9.17) is 9.72 Å². The van der Waals surface area contributed by atoms with Crippen molar-refractivity contribution in [3.63, 3.8) is 0 Å².